The van der Waals surface area contributed by atoms with Crippen molar-refractivity contribution in [3.05, 3.63) is 53.2 Å². The first kappa shape index (κ1) is 17.7. The van der Waals surface area contributed by atoms with Gasteiger partial charge in [-0.15, -0.1) is 0 Å². The van der Waals surface area contributed by atoms with Gasteiger partial charge in [-0.05, 0) is 23.6 Å². The van der Waals surface area contributed by atoms with Crippen molar-refractivity contribution < 1.29 is 9.53 Å². The summed E-state index contributed by atoms with van der Waals surface area (Å²) < 4.78 is 7.38. The predicted molar refractivity (Wildman–Crippen MR) is 105 cm³/mol. The van der Waals surface area contributed by atoms with Crippen LogP contribution >= 0.6 is 11.3 Å². The van der Waals surface area contributed by atoms with Crippen LogP contribution in [-0.4, -0.2) is 53.3 Å². The van der Waals surface area contributed by atoms with Crippen LogP contribution in [0.4, 0.5) is 5.82 Å². The normalized spacial score (nSPS) is 14.3. The number of aromatic nitrogens is 3. The fraction of sp³-hybridized carbons (Fsp3) is 0.316. The lowest BCUT2D eigenvalue weighted by Crippen LogP contribution is -2.39. The van der Waals surface area contributed by atoms with Crippen LogP contribution in [0.3, 0.4) is 0 Å². The Labute approximate surface area is 161 Å². The average Bonchev–Trinajstić information content (AvgIpc) is 3.42. The SMILES string of the molecule is O=C(NCCn1ccnc1)c1ccc(-c2ccsc2)nc1N1CCOCC1. The third-order valence-corrected chi connectivity index (χ3v) is 5.15. The molecule has 1 aliphatic heterocycles. The molecule has 1 fully saturated rings. The minimum atomic E-state index is -0.110. The second-order valence-corrected chi connectivity index (χ2v) is 7.02. The molecular formula is C19H21N5O2S. The quantitative estimate of drug-likeness (QED) is 0.707. The van der Waals surface area contributed by atoms with Gasteiger partial charge >= 0.3 is 0 Å². The zero-order valence-corrected chi connectivity index (χ0v) is 15.7. The molecule has 1 saturated heterocycles. The van der Waals surface area contributed by atoms with Gasteiger partial charge in [0.1, 0.15) is 5.82 Å². The number of pyridine rings is 1. The van der Waals surface area contributed by atoms with E-state index in [4.69, 9.17) is 9.72 Å². The summed E-state index contributed by atoms with van der Waals surface area (Å²) in [6, 6.07) is 5.83. The molecule has 4 heterocycles. The maximum absolute atomic E-state index is 12.8. The first-order valence-corrected chi connectivity index (χ1v) is 9.86. The van der Waals surface area contributed by atoms with Gasteiger partial charge in [0.05, 0.1) is 30.8 Å². The van der Waals surface area contributed by atoms with E-state index in [1.165, 1.54) is 0 Å². The molecule has 140 valence electrons. The highest BCUT2D eigenvalue weighted by Gasteiger charge is 2.21. The van der Waals surface area contributed by atoms with Crippen LogP contribution < -0.4 is 10.2 Å². The number of morpholine rings is 1. The summed E-state index contributed by atoms with van der Waals surface area (Å²) in [6.45, 7) is 3.96. The molecule has 4 rings (SSSR count). The molecule has 3 aromatic rings. The van der Waals surface area contributed by atoms with Gasteiger partial charge in [0, 0.05) is 49.5 Å². The van der Waals surface area contributed by atoms with Gasteiger partial charge in [-0.25, -0.2) is 9.97 Å². The van der Waals surface area contributed by atoms with E-state index in [9.17, 15) is 4.79 Å². The van der Waals surface area contributed by atoms with E-state index >= 15 is 0 Å². The van der Waals surface area contributed by atoms with Crippen LogP contribution in [0, 0.1) is 0 Å². The number of nitrogens with one attached hydrogen (secondary N) is 1. The summed E-state index contributed by atoms with van der Waals surface area (Å²) >= 11 is 1.64. The molecule has 0 atom stereocenters. The highest BCUT2D eigenvalue weighted by molar-refractivity contribution is 7.08. The summed E-state index contributed by atoms with van der Waals surface area (Å²) in [6.07, 6.45) is 5.34. The van der Waals surface area contributed by atoms with Crippen molar-refractivity contribution in [1.29, 1.82) is 0 Å². The number of nitrogens with zero attached hydrogens (tertiary/aromatic N) is 4. The summed E-state index contributed by atoms with van der Waals surface area (Å²) in [5, 5.41) is 7.08. The van der Waals surface area contributed by atoms with Crippen molar-refractivity contribution in [1.82, 2.24) is 19.9 Å². The molecule has 0 aliphatic carbocycles. The van der Waals surface area contributed by atoms with Gasteiger partial charge < -0.3 is 19.5 Å². The van der Waals surface area contributed by atoms with Gasteiger partial charge in [0.2, 0.25) is 0 Å². The van der Waals surface area contributed by atoms with E-state index in [0.29, 0.717) is 31.9 Å². The first-order valence-electron chi connectivity index (χ1n) is 8.91. The lowest BCUT2D eigenvalue weighted by molar-refractivity contribution is 0.0950. The number of ether oxygens (including phenoxy) is 1. The highest BCUT2D eigenvalue weighted by Crippen LogP contribution is 2.26. The molecule has 0 saturated carbocycles. The minimum absolute atomic E-state index is 0.110. The Bertz CT molecular complexity index is 874. The van der Waals surface area contributed by atoms with E-state index in [1.54, 1.807) is 23.9 Å². The molecule has 0 aromatic carbocycles. The molecule has 1 aliphatic rings. The highest BCUT2D eigenvalue weighted by atomic mass is 32.1. The molecule has 0 radical (unpaired) electrons. The van der Waals surface area contributed by atoms with Crippen molar-refractivity contribution >= 4 is 23.1 Å². The zero-order chi connectivity index (χ0) is 18.5. The number of carbonyl (C=O) groups is 1. The van der Waals surface area contributed by atoms with E-state index in [-0.39, 0.29) is 5.91 Å². The summed E-state index contributed by atoms with van der Waals surface area (Å²) in [4.78, 5) is 23.8. The van der Waals surface area contributed by atoms with E-state index in [1.807, 2.05) is 34.3 Å². The van der Waals surface area contributed by atoms with Crippen LogP contribution in [-0.2, 0) is 11.3 Å². The number of thiophene rings is 1. The standard InChI is InChI=1S/C19H21N5O2S/c25-19(21-5-7-23-6-4-20-14-23)16-1-2-17(15-3-12-27-13-15)22-18(16)24-8-10-26-11-9-24/h1-4,6,12-14H,5,7-11H2,(H,21,25). The molecule has 0 unspecified atom stereocenters. The molecule has 0 spiro atoms. The Hall–Kier alpha value is -2.71. The van der Waals surface area contributed by atoms with Gasteiger partial charge in [0.15, 0.2) is 0 Å². The first-order chi connectivity index (χ1) is 13.3. The van der Waals surface area contributed by atoms with E-state index in [2.05, 4.69) is 20.6 Å². The van der Waals surface area contributed by atoms with Crippen LogP contribution in [0.2, 0.25) is 0 Å². The van der Waals surface area contributed by atoms with Crippen molar-refractivity contribution in [3.63, 3.8) is 0 Å². The summed E-state index contributed by atoms with van der Waals surface area (Å²) in [7, 11) is 0. The molecule has 8 heteroatoms. The topological polar surface area (TPSA) is 72.3 Å². The molecule has 0 bridgehead atoms. The van der Waals surface area contributed by atoms with Crippen LogP contribution in [0.5, 0.6) is 0 Å². The smallest absolute Gasteiger partial charge is 0.255 e. The third-order valence-electron chi connectivity index (χ3n) is 4.46. The number of imidazole rings is 1. The van der Waals surface area contributed by atoms with Gasteiger partial charge in [-0.2, -0.15) is 11.3 Å². The summed E-state index contributed by atoms with van der Waals surface area (Å²) in [5.74, 6) is 0.614. The Kier molecular flexibility index (Phi) is 5.45. The van der Waals surface area contributed by atoms with Crippen molar-refractivity contribution in [3.8, 4) is 11.3 Å². The lowest BCUT2D eigenvalue weighted by atomic mass is 10.1. The lowest BCUT2D eigenvalue weighted by Gasteiger charge is -2.29. The number of carbonyl (C=O) groups excluding carboxylic acids is 1. The Morgan fingerprint density at radius 1 is 1.26 bits per heavy atom. The number of rotatable bonds is 6. The number of hydrogen-bond acceptors (Lipinski definition) is 6. The molecular weight excluding hydrogens is 362 g/mol. The van der Waals surface area contributed by atoms with Crippen LogP contribution in [0.1, 0.15) is 10.4 Å². The van der Waals surface area contributed by atoms with Crippen LogP contribution in [0.15, 0.2) is 47.7 Å². The Morgan fingerprint density at radius 2 is 2.15 bits per heavy atom. The number of hydrogen-bond donors (Lipinski definition) is 1. The predicted octanol–water partition coefficient (Wildman–Crippen LogP) is 2.27. The van der Waals surface area contributed by atoms with E-state index < -0.39 is 0 Å². The second-order valence-electron chi connectivity index (χ2n) is 6.24. The Balaban J connectivity index is 1.55. The van der Waals surface area contributed by atoms with Crippen molar-refractivity contribution in [2.45, 2.75) is 6.54 Å². The third kappa shape index (κ3) is 4.17. The van der Waals surface area contributed by atoms with Crippen molar-refractivity contribution in [2.24, 2.45) is 0 Å². The van der Waals surface area contributed by atoms with Gasteiger partial charge in [-0.3, -0.25) is 4.79 Å². The fourth-order valence-corrected chi connectivity index (χ4v) is 3.68. The van der Waals surface area contributed by atoms with E-state index in [0.717, 1.165) is 30.2 Å². The molecule has 1 amide bonds. The maximum Gasteiger partial charge on any atom is 0.255 e. The number of anilines is 1. The molecule has 27 heavy (non-hydrogen) atoms. The second kappa shape index (κ2) is 8.32. The Morgan fingerprint density at radius 3 is 2.89 bits per heavy atom. The van der Waals surface area contributed by atoms with Gasteiger partial charge in [0.25, 0.3) is 5.91 Å². The monoisotopic (exact) mass is 383 g/mol. The van der Waals surface area contributed by atoms with Crippen molar-refractivity contribution in [2.75, 3.05) is 37.7 Å². The molecule has 3 aromatic heterocycles. The largest absolute Gasteiger partial charge is 0.378 e. The zero-order valence-electron chi connectivity index (χ0n) is 14.9. The van der Waals surface area contributed by atoms with Crippen LogP contribution in [0.25, 0.3) is 11.3 Å². The molecule has 7 nitrogen and oxygen atoms in total. The number of amides is 1. The molecule has 1 N–H and O–H groups in total. The van der Waals surface area contributed by atoms with Gasteiger partial charge in [-0.1, -0.05) is 0 Å². The maximum atomic E-state index is 12.8. The summed E-state index contributed by atoms with van der Waals surface area (Å²) in [5.41, 5.74) is 2.55. The minimum Gasteiger partial charge on any atom is -0.378 e. The fourth-order valence-electron chi connectivity index (χ4n) is 3.03. The average molecular weight is 383 g/mol.